The van der Waals surface area contributed by atoms with Crippen molar-refractivity contribution in [3.8, 4) is 0 Å². The lowest BCUT2D eigenvalue weighted by Gasteiger charge is -2.12. The predicted octanol–water partition coefficient (Wildman–Crippen LogP) is 3.54. The van der Waals surface area contributed by atoms with Gasteiger partial charge in [-0.05, 0) is 30.2 Å². The number of sulfonamides is 1. The monoisotopic (exact) mass is 369 g/mol. The van der Waals surface area contributed by atoms with Gasteiger partial charge in [-0.15, -0.1) is 0 Å². The van der Waals surface area contributed by atoms with Crippen LogP contribution in [0, 0.1) is 17.0 Å². The maximum Gasteiger partial charge on any atom is 0.271 e. The van der Waals surface area contributed by atoms with E-state index in [-0.39, 0.29) is 10.7 Å². The number of nitrogens with zero attached hydrogens (tertiary/aromatic N) is 1. The molecule has 2 N–H and O–H groups in total. The molecule has 0 bridgehead atoms. The first-order valence-electron chi connectivity index (χ1n) is 6.91. The van der Waals surface area contributed by atoms with E-state index in [9.17, 15) is 18.5 Å². The number of nitro benzene ring substituents is 1. The van der Waals surface area contributed by atoms with Crippen molar-refractivity contribution in [2.24, 2.45) is 0 Å². The van der Waals surface area contributed by atoms with Crippen LogP contribution in [0.4, 0.5) is 17.1 Å². The zero-order valence-corrected chi connectivity index (χ0v) is 14.6. The summed E-state index contributed by atoms with van der Waals surface area (Å²) in [6.45, 7) is 2.11. The molecule has 9 heteroatoms. The first kappa shape index (κ1) is 18.0. The lowest BCUT2D eigenvalue weighted by atomic mass is 10.1. The van der Waals surface area contributed by atoms with Crippen molar-refractivity contribution < 1.29 is 13.3 Å². The highest BCUT2D eigenvalue weighted by Crippen LogP contribution is 2.31. The van der Waals surface area contributed by atoms with Crippen molar-refractivity contribution in [1.29, 1.82) is 0 Å². The van der Waals surface area contributed by atoms with Crippen LogP contribution in [0.2, 0.25) is 5.02 Å². The normalized spacial score (nSPS) is 11.1. The molecule has 0 aliphatic rings. The first-order chi connectivity index (χ1) is 11.2. The Labute approximate surface area is 144 Å². The molecule has 0 saturated carbocycles. The van der Waals surface area contributed by atoms with Crippen LogP contribution in [0.15, 0.2) is 36.4 Å². The fourth-order valence-corrected chi connectivity index (χ4v) is 3.09. The second kappa shape index (κ2) is 7.06. The van der Waals surface area contributed by atoms with Crippen molar-refractivity contribution in [2.75, 3.05) is 16.3 Å². The van der Waals surface area contributed by atoms with Gasteiger partial charge in [-0.3, -0.25) is 14.8 Å². The van der Waals surface area contributed by atoms with Crippen molar-refractivity contribution in [1.82, 2.24) is 0 Å². The van der Waals surface area contributed by atoms with Gasteiger partial charge in [0.05, 0.1) is 21.9 Å². The number of nitro groups is 1. The van der Waals surface area contributed by atoms with Gasteiger partial charge in [0.15, 0.2) is 0 Å². The zero-order chi connectivity index (χ0) is 17.9. The van der Waals surface area contributed by atoms with Gasteiger partial charge >= 0.3 is 0 Å². The zero-order valence-electron chi connectivity index (χ0n) is 13.0. The van der Waals surface area contributed by atoms with Crippen LogP contribution >= 0.6 is 11.6 Å². The second-order valence-electron chi connectivity index (χ2n) is 5.30. The number of anilines is 2. The molecule has 0 saturated heterocycles. The highest BCUT2D eigenvalue weighted by Gasteiger charge is 2.13. The Hall–Kier alpha value is -2.32. The molecule has 0 spiro atoms. The number of benzene rings is 2. The number of rotatable bonds is 6. The molecule has 0 unspecified atom stereocenters. The van der Waals surface area contributed by atoms with Crippen LogP contribution in [0.1, 0.15) is 11.1 Å². The standard InChI is InChI=1S/C15H16ClN3O4S/c1-10-6-13(19(20)21)8-14(16)15(10)17-9-11-4-3-5-12(7-11)18-24(2,22)23/h3-8,17-18H,9H2,1-2H3. The van der Waals surface area contributed by atoms with E-state index in [0.717, 1.165) is 11.8 Å². The van der Waals surface area contributed by atoms with Crippen molar-refractivity contribution in [2.45, 2.75) is 13.5 Å². The summed E-state index contributed by atoms with van der Waals surface area (Å²) in [5.41, 5.74) is 2.48. The summed E-state index contributed by atoms with van der Waals surface area (Å²) >= 11 is 6.10. The molecule has 24 heavy (non-hydrogen) atoms. The topological polar surface area (TPSA) is 101 Å². The van der Waals surface area contributed by atoms with E-state index in [2.05, 4.69) is 10.0 Å². The van der Waals surface area contributed by atoms with Gasteiger partial charge in [-0.2, -0.15) is 0 Å². The third-order valence-corrected chi connectivity index (χ3v) is 4.09. The van der Waals surface area contributed by atoms with Crippen LogP contribution < -0.4 is 10.0 Å². The number of nitrogens with one attached hydrogen (secondary N) is 2. The van der Waals surface area contributed by atoms with E-state index in [1.165, 1.54) is 12.1 Å². The van der Waals surface area contributed by atoms with Gasteiger partial charge in [0.1, 0.15) is 0 Å². The summed E-state index contributed by atoms with van der Waals surface area (Å²) in [6, 6.07) is 9.63. The summed E-state index contributed by atoms with van der Waals surface area (Å²) in [5, 5.41) is 14.2. The smallest absolute Gasteiger partial charge is 0.271 e. The van der Waals surface area contributed by atoms with E-state index in [1.54, 1.807) is 25.1 Å². The molecule has 2 aromatic rings. The largest absolute Gasteiger partial charge is 0.380 e. The molecule has 0 aliphatic carbocycles. The quantitative estimate of drug-likeness (QED) is 0.599. The number of non-ortho nitro benzene ring substituents is 1. The Morgan fingerprint density at radius 1 is 1.25 bits per heavy atom. The average molecular weight is 370 g/mol. The van der Waals surface area contributed by atoms with Gasteiger partial charge < -0.3 is 5.32 Å². The minimum absolute atomic E-state index is 0.0672. The maximum atomic E-state index is 11.3. The van der Waals surface area contributed by atoms with E-state index in [0.29, 0.717) is 23.5 Å². The Morgan fingerprint density at radius 2 is 1.96 bits per heavy atom. The molecule has 2 aromatic carbocycles. The van der Waals surface area contributed by atoms with Gasteiger partial charge in [0.25, 0.3) is 5.69 Å². The molecule has 0 heterocycles. The van der Waals surface area contributed by atoms with Crippen LogP contribution in [-0.4, -0.2) is 19.6 Å². The molecule has 0 aromatic heterocycles. The summed E-state index contributed by atoms with van der Waals surface area (Å²) in [7, 11) is -3.34. The molecule has 0 fully saturated rings. The second-order valence-corrected chi connectivity index (χ2v) is 7.46. The fraction of sp³-hybridized carbons (Fsp3) is 0.200. The van der Waals surface area contributed by atoms with Crippen LogP contribution in [0.5, 0.6) is 0 Å². The summed E-state index contributed by atoms with van der Waals surface area (Å²) in [6.07, 6.45) is 1.08. The van der Waals surface area contributed by atoms with E-state index < -0.39 is 14.9 Å². The number of halogens is 1. The van der Waals surface area contributed by atoms with Crippen molar-refractivity contribution >= 4 is 38.7 Å². The molecule has 0 radical (unpaired) electrons. The van der Waals surface area contributed by atoms with Crippen LogP contribution in [0.3, 0.4) is 0 Å². The highest BCUT2D eigenvalue weighted by molar-refractivity contribution is 7.92. The van der Waals surface area contributed by atoms with Gasteiger partial charge in [-0.25, -0.2) is 8.42 Å². The minimum atomic E-state index is -3.34. The number of hydrogen-bond donors (Lipinski definition) is 2. The van der Waals surface area contributed by atoms with Crippen LogP contribution in [-0.2, 0) is 16.6 Å². The number of hydrogen-bond acceptors (Lipinski definition) is 5. The molecule has 0 amide bonds. The van der Waals surface area contributed by atoms with Gasteiger partial charge in [-0.1, -0.05) is 23.7 Å². The predicted molar refractivity (Wildman–Crippen MR) is 95.1 cm³/mol. The third kappa shape index (κ3) is 4.84. The molecule has 7 nitrogen and oxygen atoms in total. The van der Waals surface area contributed by atoms with Gasteiger partial charge in [0, 0.05) is 24.4 Å². The highest BCUT2D eigenvalue weighted by atomic mass is 35.5. The Morgan fingerprint density at radius 3 is 2.54 bits per heavy atom. The Balaban J connectivity index is 2.17. The summed E-state index contributed by atoms with van der Waals surface area (Å²) in [4.78, 5) is 10.3. The van der Waals surface area contributed by atoms with E-state index >= 15 is 0 Å². The fourth-order valence-electron chi connectivity index (χ4n) is 2.20. The molecule has 0 atom stereocenters. The molecular weight excluding hydrogens is 354 g/mol. The lowest BCUT2D eigenvalue weighted by molar-refractivity contribution is -0.384. The van der Waals surface area contributed by atoms with Crippen LogP contribution in [0.25, 0.3) is 0 Å². The Kier molecular flexibility index (Phi) is 5.30. The first-order valence-corrected chi connectivity index (χ1v) is 9.18. The van der Waals surface area contributed by atoms with Crippen molar-refractivity contribution in [3.05, 3.63) is 62.7 Å². The molecular formula is C15H16ClN3O4S. The van der Waals surface area contributed by atoms with E-state index in [1.807, 2.05) is 6.07 Å². The maximum absolute atomic E-state index is 11.3. The number of aryl methyl sites for hydroxylation is 1. The minimum Gasteiger partial charge on any atom is -0.380 e. The third-order valence-electron chi connectivity index (χ3n) is 3.18. The summed E-state index contributed by atoms with van der Waals surface area (Å²) < 4.78 is 24.9. The molecule has 2 rings (SSSR count). The average Bonchev–Trinajstić information content (AvgIpc) is 2.44. The van der Waals surface area contributed by atoms with E-state index in [4.69, 9.17) is 11.6 Å². The lowest BCUT2D eigenvalue weighted by Crippen LogP contribution is -2.10. The summed E-state index contributed by atoms with van der Waals surface area (Å²) in [5.74, 6) is 0. The Bertz CT molecular complexity index is 861. The molecule has 0 aliphatic heterocycles. The SMILES string of the molecule is Cc1cc([N+](=O)[O-])cc(Cl)c1NCc1cccc(NS(C)(=O)=O)c1. The van der Waals surface area contributed by atoms with Gasteiger partial charge in [0.2, 0.25) is 10.0 Å². The molecule has 128 valence electrons. The van der Waals surface area contributed by atoms with Crippen molar-refractivity contribution in [3.63, 3.8) is 0 Å².